The average Bonchev–Trinajstić information content (AvgIpc) is 2.62. The van der Waals surface area contributed by atoms with Crippen LogP contribution in [0.5, 0.6) is 0 Å². The molecule has 0 aromatic heterocycles. The van der Waals surface area contributed by atoms with Crippen LogP contribution in [0, 0.1) is 5.92 Å². The van der Waals surface area contributed by atoms with E-state index in [0.717, 1.165) is 6.42 Å². The van der Waals surface area contributed by atoms with E-state index in [1.54, 1.807) is 7.05 Å². The molecule has 0 aliphatic carbocycles. The summed E-state index contributed by atoms with van der Waals surface area (Å²) in [4.78, 5) is 25.4. The summed E-state index contributed by atoms with van der Waals surface area (Å²) in [6.45, 7) is 10.1. The maximum Gasteiger partial charge on any atom is 0.242 e. The number of nitrogens with two attached hydrogens (primary N) is 1. The number of likely N-dealkylation sites (N-methyl/N-ethyl adjacent to an activating group) is 1. The fourth-order valence-corrected chi connectivity index (χ4v) is 2.34. The Morgan fingerprint density at radius 3 is 1.96 bits per heavy atom. The quantitative estimate of drug-likeness (QED) is 0.357. The van der Waals surface area contributed by atoms with Gasteiger partial charge in [-0.3, -0.25) is 9.59 Å². The van der Waals surface area contributed by atoms with Gasteiger partial charge in [0.2, 0.25) is 11.8 Å². The second-order valence-corrected chi connectivity index (χ2v) is 6.90. The Morgan fingerprint density at radius 2 is 1.48 bits per heavy atom. The number of amides is 2. The van der Waals surface area contributed by atoms with Crippen molar-refractivity contribution in [3.05, 3.63) is 0 Å². The van der Waals surface area contributed by atoms with E-state index >= 15 is 0 Å². The first kappa shape index (κ1) is 25.8. The van der Waals surface area contributed by atoms with Gasteiger partial charge in [0.15, 0.2) is 0 Å². The zero-order valence-electron chi connectivity index (χ0n) is 17.5. The molecule has 0 saturated carbocycles. The molecule has 0 aromatic rings. The Hall–Kier alpha value is -1.22. The molecule has 0 aliphatic rings. The highest BCUT2D eigenvalue weighted by molar-refractivity contribution is 5.86. The molecule has 0 rings (SSSR count). The Morgan fingerprint density at radius 1 is 0.963 bits per heavy atom. The van der Waals surface area contributed by atoms with Crippen molar-refractivity contribution in [3.8, 4) is 0 Å². The highest BCUT2D eigenvalue weighted by atomic mass is 16.5. The Balaban J connectivity index is 3.69. The van der Waals surface area contributed by atoms with Crippen LogP contribution in [0.2, 0.25) is 0 Å². The van der Waals surface area contributed by atoms with Gasteiger partial charge < -0.3 is 30.2 Å². The summed E-state index contributed by atoms with van der Waals surface area (Å²) in [7, 11) is 1.67. The summed E-state index contributed by atoms with van der Waals surface area (Å²) >= 11 is 0. The maximum absolute atomic E-state index is 12.3. The van der Waals surface area contributed by atoms with Gasteiger partial charge in [0.1, 0.15) is 6.04 Å². The summed E-state index contributed by atoms with van der Waals surface area (Å²) in [5.41, 5.74) is 5.37. The Labute approximate surface area is 164 Å². The SMILES string of the molecule is CC(=O)N(C)[C@@H](CC(C)C)C(=O)NCCCOCCOCCOCCCN. The van der Waals surface area contributed by atoms with Crippen LogP contribution in [0.1, 0.15) is 40.0 Å². The number of nitrogens with zero attached hydrogens (tertiary/aromatic N) is 1. The van der Waals surface area contributed by atoms with Crippen LogP contribution in [0.25, 0.3) is 0 Å². The van der Waals surface area contributed by atoms with Crippen molar-refractivity contribution < 1.29 is 23.8 Å². The van der Waals surface area contributed by atoms with Crippen molar-refractivity contribution in [3.63, 3.8) is 0 Å². The molecule has 8 nitrogen and oxygen atoms in total. The average molecular weight is 390 g/mol. The van der Waals surface area contributed by atoms with Gasteiger partial charge in [0, 0.05) is 33.7 Å². The number of rotatable bonds is 17. The molecule has 0 saturated heterocycles. The van der Waals surface area contributed by atoms with E-state index in [9.17, 15) is 9.59 Å². The van der Waals surface area contributed by atoms with E-state index in [2.05, 4.69) is 5.32 Å². The van der Waals surface area contributed by atoms with E-state index in [4.69, 9.17) is 19.9 Å². The van der Waals surface area contributed by atoms with Crippen molar-refractivity contribution in [2.75, 3.05) is 59.8 Å². The second-order valence-electron chi connectivity index (χ2n) is 6.90. The smallest absolute Gasteiger partial charge is 0.242 e. The summed E-state index contributed by atoms with van der Waals surface area (Å²) < 4.78 is 16.2. The van der Waals surface area contributed by atoms with Crippen molar-refractivity contribution in [1.82, 2.24) is 10.2 Å². The van der Waals surface area contributed by atoms with Gasteiger partial charge in [-0.25, -0.2) is 0 Å². The lowest BCUT2D eigenvalue weighted by atomic mass is 10.0. The highest BCUT2D eigenvalue weighted by Crippen LogP contribution is 2.11. The first-order valence-electron chi connectivity index (χ1n) is 9.84. The monoisotopic (exact) mass is 389 g/mol. The summed E-state index contributed by atoms with van der Waals surface area (Å²) in [6, 6.07) is -0.427. The van der Waals surface area contributed by atoms with E-state index in [0.29, 0.717) is 71.5 Å². The Bertz CT molecular complexity index is 394. The Kier molecular flexibility index (Phi) is 16.2. The fraction of sp³-hybridized carbons (Fsp3) is 0.895. The molecule has 0 bridgehead atoms. The molecule has 1 atom stereocenters. The molecular weight excluding hydrogens is 350 g/mol. The zero-order chi connectivity index (χ0) is 20.5. The van der Waals surface area contributed by atoms with Crippen molar-refractivity contribution >= 4 is 11.8 Å². The predicted molar refractivity (Wildman–Crippen MR) is 105 cm³/mol. The molecule has 27 heavy (non-hydrogen) atoms. The maximum atomic E-state index is 12.3. The molecule has 2 amide bonds. The molecule has 0 unspecified atom stereocenters. The van der Waals surface area contributed by atoms with Gasteiger partial charge in [-0.1, -0.05) is 13.8 Å². The minimum Gasteiger partial charge on any atom is -0.379 e. The standard InChI is InChI=1S/C19H39N3O5/c1-16(2)15-18(22(4)17(3)23)19(24)21-8-6-10-26-12-14-27-13-11-25-9-5-7-20/h16,18H,5-15,20H2,1-4H3,(H,21,24)/t18-/m0/s1. The van der Waals surface area contributed by atoms with Gasteiger partial charge in [-0.2, -0.15) is 0 Å². The summed E-state index contributed by atoms with van der Waals surface area (Å²) in [5.74, 6) is 0.111. The van der Waals surface area contributed by atoms with Crippen LogP contribution in [0.15, 0.2) is 0 Å². The van der Waals surface area contributed by atoms with Crippen LogP contribution >= 0.6 is 0 Å². The van der Waals surface area contributed by atoms with E-state index < -0.39 is 6.04 Å². The third-order valence-corrected chi connectivity index (χ3v) is 3.96. The van der Waals surface area contributed by atoms with E-state index in [1.165, 1.54) is 11.8 Å². The van der Waals surface area contributed by atoms with Crippen molar-refractivity contribution in [2.24, 2.45) is 11.7 Å². The molecule has 8 heteroatoms. The number of hydrogen-bond donors (Lipinski definition) is 2. The predicted octanol–water partition coefficient (Wildman–Crippen LogP) is 0.784. The van der Waals surface area contributed by atoms with Crippen molar-refractivity contribution in [2.45, 2.75) is 46.1 Å². The van der Waals surface area contributed by atoms with Gasteiger partial charge in [0.25, 0.3) is 0 Å². The normalized spacial score (nSPS) is 12.2. The van der Waals surface area contributed by atoms with Crippen LogP contribution in [-0.2, 0) is 23.8 Å². The number of nitrogens with one attached hydrogen (secondary N) is 1. The fourth-order valence-electron chi connectivity index (χ4n) is 2.34. The minimum atomic E-state index is -0.427. The van der Waals surface area contributed by atoms with Gasteiger partial charge in [-0.05, 0) is 31.7 Å². The molecule has 0 aliphatic heterocycles. The van der Waals surface area contributed by atoms with Crippen LogP contribution in [-0.4, -0.2) is 82.5 Å². The van der Waals surface area contributed by atoms with E-state index in [1.807, 2.05) is 13.8 Å². The lowest BCUT2D eigenvalue weighted by molar-refractivity contribution is -0.138. The molecule has 0 radical (unpaired) electrons. The topological polar surface area (TPSA) is 103 Å². The molecule has 0 heterocycles. The minimum absolute atomic E-state index is 0.107. The largest absolute Gasteiger partial charge is 0.379 e. The lowest BCUT2D eigenvalue weighted by Crippen LogP contribution is -2.48. The number of hydrogen-bond acceptors (Lipinski definition) is 6. The van der Waals surface area contributed by atoms with Gasteiger partial charge >= 0.3 is 0 Å². The molecule has 0 spiro atoms. The van der Waals surface area contributed by atoms with Gasteiger partial charge in [0.05, 0.1) is 26.4 Å². The molecule has 0 fully saturated rings. The number of carbonyl (C=O) groups is 2. The second kappa shape index (κ2) is 16.9. The number of carbonyl (C=O) groups excluding carboxylic acids is 2. The van der Waals surface area contributed by atoms with Crippen molar-refractivity contribution in [1.29, 1.82) is 0 Å². The first-order chi connectivity index (χ1) is 12.9. The van der Waals surface area contributed by atoms with E-state index in [-0.39, 0.29) is 11.8 Å². The zero-order valence-corrected chi connectivity index (χ0v) is 17.5. The third kappa shape index (κ3) is 14.5. The number of ether oxygens (including phenoxy) is 3. The summed E-state index contributed by atoms with van der Waals surface area (Å²) in [6.07, 6.45) is 2.22. The van der Waals surface area contributed by atoms with Crippen LogP contribution in [0.3, 0.4) is 0 Å². The molecule has 0 aromatic carbocycles. The molecule has 3 N–H and O–H groups in total. The first-order valence-corrected chi connectivity index (χ1v) is 9.84. The summed E-state index contributed by atoms with van der Waals surface area (Å²) in [5, 5.41) is 2.89. The van der Waals surface area contributed by atoms with Crippen LogP contribution < -0.4 is 11.1 Å². The highest BCUT2D eigenvalue weighted by Gasteiger charge is 2.25. The van der Waals surface area contributed by atoms with Crippen LogP contribution in [0.4, 0.5) is 0 Å². The van der Waals surface area contributed by atoms with Gasteiger partial charge in [-0.15, -0.1) is 0 Å². The third-order valence-electron chi connectivity index (χ3n) is 3.96. The molecule has 160 valence electrons. The molecular formula is C19H39N3O5. The lowest BCUT2D eigenvalue weighted by Gasteiger charge is -2.27.